The summed E-state index contributed by atoms with van der Waals surface area (Å²) >= 11 is 8.28. The maximum absolute atomic E-state index is 13.1. The largest absolute Gasteiger partial charge is 0.493 e. The lowest BCUT2D eigenvalue weighted by atomic mass is 9.89. The third-order valence-electron chi connectivity index (χ3n) is 7.52. The van der Waals surface area contributed by atoms with Crippen molar-refractivity contribution in [1.29, 1.82) is 0 Å². The maximum Gasteiger partial charge on any atom is 0.260 e. The number of nitrogens with zero attached hydrogens (tertiary/aromatic N) is 1. The summed E-state index contributed by atoms with van der Waals surface area (Å²) in [4.78, 5) is 22.9. The molecule has 0 spiro atoms. The lowest BCUT2D eigenvalue weighted by Crippen LogP contribution is -2.13. The first-order valence-electron chi connectivity index (χ1n) is 13.7. The molecule has 5 rings (SSSR count). The fraction of sp³-hybridized carbons (Fsp3) is 0.419. The lowest BCUT2D eigenvalue weighted by molar-refractivity contribution is 0.239. The zero-order valence-electron chi connectivity index (χ0n) is 22.9. The van der Waals surface area contributed by atoms with Gasteiger partial charge in [0.05, 0.1) is 30.7 Å². The van der Waals surface area contributed by atoms with Crippen molar-refractivity contribution < 1.29 is 14.2 Å². The number of H-pyrrole nitrogens is 1. The summed E-state index contributed by atoms with van der Waals surface area (Å²) in [5.74, 6) is 3.42. The number of hydrogen-bond acceptors (Lipinski definition) is 6. The van der Waals surface area contributed by atoms with Gasteiger partial charge in [-0.1, -0.05) is 50.6 Å². The summed E-state index contributed by atoms with van der Waals surface area (Å²) < 4.78 is 17.7. The van der Waals surface area contributed by atoms with E-state index in [1.165, 1.54) is 16.0 Å². The normalized spacial score (nSPS) is 15.7. The Kier molecular flexibility index (Phi) is 8.48. The van der Waals surface area contributed by atoms with Crippen LogP contribution >= 0.6 is 22.9 Å². The van der Waals surface area contributed by atoms with E-state index >= 15 is 0 Å². The van der Waals surface area contributed by atoms with Crippen LogP contribution in [0.5, 0.6) is 17.2 Å². The Balaban J connectivity index is 1.29. The van der Waals surface area contributed by atoms with Crippen molar-refractivity contribution in [3.63, 3.8) is 0 Å². The summed E-state index contributed by atoms with van der Waals surface area (Å²) in [7, 11) is 1.57. The van der Waals surface area contributed by atoms with E-state index in [1.54, 1.807) is 30.6 Å². The summed E-state index contributed by atoms with van der Waals surface area (Å²) in [5, 5.41) is 1.13. The quantitative estimate of drug-likeness (QED) is 0.198. The second-order valence-corrected chi connectivity index (χ2v) is 11.8. The van der Waals surface area contributed by atoms with Crippen molar-refractivity contribution in [2.75, 3.05) is 20.3 Å². The Bertz CT molecular complexity index is 1530. The van der Waals surface area contributed by atoms with Gasteiger partial charge in [-0.3, -0.25) is 4.79 Å². The standard InChI is InChI=1S/C31H35ClN2O4S/c1-5-19(3)21-9-6-7-10-24(21)37-13-8-14-38-28-23(32)16-20(17-25(28)36-4)29-33-30(35)27-22-12-11-18(2)15-26(22)39-31(27)34-29/h6-7,9-10,16-19H,5,8,11-15H2,1-4H3,(H,33,34,35). The number of rotatable bonds is 10. The highest BCUT2D eigenvalue weighted by molar-refractivity contribution is 7.18. The third-order valence-corrected chi connectivity index (χ3v) is 8.95. The van der Waals surface area contributed by atoms with Gasteiger partial charge >= 0.3 is 0 Å². The van der Waals surface area contributed by atoms with E-state index in [0.29, 0.717) is 59.4 Å². The fourth-order valence-corrected chi connectivity index (χ4v) is 6.79. The number of hydrogen-bond donors (Lipinski definition) is 1. The summed E-state index contributed by atoms with van der Waals surface area (Å²) in [6.45, 7) is 7.59. The van der Waals surface area contributed by atoms with Crippen LogP contribution in [0.4, 0.5) is 0 Å². The number of benzene rings is 2. The minimum absolute atomic E-state index is 0.104. The Hall–Kier alpha value is -3.03. The van der Waals surface area contributed by atoms with E-state index < -0.39 is 0 Å². The molecular formula is C31H35ClN2O4S. The number of thiophene rings is 1. The highest BCUT2D eigenvalue weighted by atomic mass is 35.5. The van der Waals surface area contributed by atoms with Crippen LogP contribution in [0.15, 0.2) is 41.2 Å². The number of nitrogens with one attached hydrogen (secondary N) is 1. The second kappa shape index (κ2) is 12.0. The van der Waals surface area contributed by atoms with Crippen LogP contribution in [0.3, 0.4) is 0 Å². The molecule has 2 atom stereocenters. The molecule has 0 saturated carbocycles. The number of aromatic nitrogens is 2. The highest BCUT2D eigenvalue weighted by Gasteiger charge is 2.24. The topological polar surface area (TPSA) is 73.4 Å². The molecule has 0 amide bonds. The molecule has 0 aliphatic heterocycles. The van der Waals surface area contributed by atoms with Crippen molar-refractivity contribution in [3.8, 4) is 28.6 Å². The highest BCUT2D eigenvalue weighted by Crippen LogP contribution is 2.40. The molecule has 0 saturated heterocycles. The van der Waals surface area contributed by atoms with E-state index in [0.717, 1.165) is 41.6 Å². The molecule has 206 valence electrons. The molecule has 6 nitrogen and oxygen atoms in total. The van der Waals surface area contributed by atoms with Gasteiger partial charge in [0.2, 0.25) is 0 Å². The van der Waals surface area contributed by atoms with E-state index in [2.05, 4.69) is 31.8 Å². The average Bonchev–Trinajstić information content (AvgIpc) is 3.31. The Morgan fingerprint density at radius 3 is 2.77 bits per heavy atom. The first kappa shape index (κ1) is 27.5. The van der Waals surface area contributed by atoms with Gasteiger partial charge in [-0.25, -0.2) is 4.98 Å². The number of aryl methyl sites for hydroxylation is 1. The van der Waals surface area contributed by atoms with Crippen LogP contribution in [-0.2, 0) is 12.8 Å². The number of para-hydroxylation sites is 1. The first-order chi connectivity index (χ1) is 18.9. The molecule has 1 N–H and O–H groups in total. The van der Waals surface area contributed by atoms with Crippen molar-refractivity contribution >= 4 is 33.2 Å². The van der Waals surface area contributed by atoms with Gasteiger partial charge in [0, 0.05) is 16.9 Å². The van der Waals surface area contributed by atoms with Crippen LogP contribution in [0, 0.1) is 5.92 Å². The monoisotopic (exact) mass is 566 g/mol. The minimum Gasteiger partial charge on any atom is -0.493 e. The number of methoxy groups -OCH3 is 1. The molecule has 0 fully saturated rings. The van der Waals surface area contributed by atoms with Gasteiger partial charge in [0.15, 0.2) is 11.5 Å². The predicted molar refractivity (Wildman–Crippen MR) is 159 cm³/mol. The molecule has 39 heavy (non-hydrogen) atoms. The first-order valence-corrected chi connectivity index (χ1v) is 14.9. The summed E-state index contributed by atoms with van der Waals surface area (Å²) in [6.07, 6.45) is 4.78. The Morgan fingerprint density at radius 1 is 1.18 bits per heavy atom. The van der Waals surface area contributed by atoms with E-state index in [1.807, 2.05) is 18.2 Å². The van der Waals surface area contributed by atoms with Gasteiger partial charge in [-0.15, -0.1) is 11.3 Å². The van der Waals surface area contributed by atoms with Crippen LogP contribution < -0.4 is 19.8 Å². The molecule has 4 aromatic rings. The molecule has 1 aliphatic carbocycles. The maximum atomic E-state index is 13.1. The zero-order valence-corrected chi connectivity index (χ0v) is 24.5. The van der Waals surface area contributed by atoms with Gasteiger partial charge < -0.3 is 19.2 Å². The Morgan fingerprint density at radius 2 is 1.97 bits per heavy atom. The molecule has 2 aromatic carbocycles. The van der Waals surface area contributed by atoms with Crippen LogP contribution in [-0.4, -0.2) is 30.3 Å². The zero-order chi connectivity index (χ0) is 27.5. The average molecular weight is 567 g/mol. The molecule has 2 aromatic heterocycles. The van der Waals surface area contributed by atoms with E-state index in [4.69, 9.17) is 30.8 Å². The number of ether oxygens (including phenoxy) is 3. The van der Waals surface area contributed by atoms with Crippen LogP contribution in [0.2, 0.25) is 5.02 Å². The molecule has 8 heteroatoms. The smallest absolute Gasteiger partial charge is 0.260 e. The van der Waals surface area contributed by atoms with Crippen molar-refractivity contribution in [2.24, 2.45) is 5.92 Å². The van der Waals surface area contributed by atoms with Crippen molar-refractivity contribution in [1.82, 2.24) is 9.97 Å². The Labute approximate surface area is 238 Å². The third kappa shape index (κ3) is 5.80. The fourth-order valence-electron chi connectivity index (χ4n) is 5.14. The van der Waals surface area contributed by atoms with Crippen LogP contribution in [0.1, 0.15) is 62.0 Å². The molecule has 0 bridgehead atoms. The van der Waals surface area contributed by atoms with Crippen molar-refractivity contribution in [3.05, 3.63) is 67.8 Å². The molecule has 1 aliphatic rings. The molecule has 2 heterocycles. The summed E-state index contributed by atoms with van der Waals surface area (Å²) in [6, 6.07) is 11.8. The minimum atomic E-state index is -0.104. The number of halogens is 1. The lowest BCUT2D eigenvalue weighted by Gasteiger charge is -2.17. The van der Waals surface area contributed by atoms with Gasteiger partial charge in [0.25, 0.3) is 5.56 Å². The van der Waals surface area contributed by atoms with Gasteiger partial charge in [-0.2, -0.15) is 0 Å². The SMILES string of the molecule is CCC(C)c1ccccc1OCCCOc1c(Cl)cc(-c2nc3sc4c(c3c(=O)[nH]2)CCC(C)C4)cc1OC. The predicted octanol–water partition coefficient (Wildman–Crippen LogP) is 7.80. The van der Waals surface area contributed by atoms with E-state index in [9.17, 15) is 4.79 Å². The molecule has 0 radical (unpaired) electrons. The van der Waals surface area contributed by atoms with Crippen molar-refractivity contribution in [2.45, 2.75) is 58.8 Å². The second-order valence-electron chi connectivity index (χ2n) is 10.3. The molecule has 2 unspecified atom stereocenters. The van der Waals surface area contributed by atoms with Gasteiger partial charge in [-0.05, 0) is 66.8 Å². The summed E-state index contributed by atoms with van der Waals surface area (Å²) in [5.41, 5.74) is 2.96. The van der Waals surface area contributed by atoms with E-state index in [-0.39, 0.29) is 5.56 Å². The molecular weight excluding hydrogens is 532 g/mol. The number of fused-ring (bicyclic) bond motifs is 3. The van der Waals surface area contributed by atoms with Gasteiger partial charge in [0.1, 0.15) is 16.4 Å². The van der Waals surface area contributed by atoms with Crippen LogP contribution in [0.25, 0.3) is 21.6 Å². The number of aromatic amines is 1.